The highest BCUT2D eigenvalue weighted by Gasteiger charge is 2.20. The Bertz CT molecular complexity index is 1380. The van der Waals surface area contributed by atoms with Gasteiger partial charge in [-0.1, -0.05) is 12.1 Å². The van der Waals surface area contributed by atoms with Crippen LogP contribution in [0.4, 0.5) is 0 Å². The maximum Gasteiger partial charge on any atom is 0.336 e. The molecule has 0 radical (unpaired) electrons. The van der Waals surface area contributed by atoms with Gasteiger partial charge in [-0.2, -0.15) is 0 Å². The Balaban J connectivity index is 1.28. The number of thiazole rings is 1. The van der Waals surface area contributed by atoms with Crippen LogP contribution in [0.25, 0.3) is 15.9 Å². The van der Waals surface area contributed by atoms with E-state index in [1.54, 1.807) is 22.7 Å². The fourth-order valence-corrected chi connectivity index (χ4v) is 4.94. The van der Waals surface area contributed by atoms with Crippen molar-refractivity contribution in [1.29, 1.82) is 0 Å². The van der Waals surface area contributed by atoms with Crippen LogP contribution in [0, 0.1) is 13.8 Å². The van der Waals surface area contributed by atoms with Gasteiger partial charge in [-0.3, -0.25) is 19.0 Å². The van der Waals surface area contributed by atoms with Crippen molar-refractivity contribution < 1.29 is 4.42 Å². The molecule has 0 atom stereocenters. The summed E-state index contributed by atoms with van der Waals surface area (Å²) in [4.78, 5) is 34.4. The number of aromatic nitrogens is 2. The first-order valence-corrected chi connectivity index (χ1v) is 11.3. The van der Waals surface area contributed by atoms with Gasteiger partial charge in [0, 0.05) is 68.4 Å². The van der Waals surface area contributed by atoms with Crippen molar-refractivity contribution in [2.75, 3.05) is 26.2 Å². The molecule has 0 N–H and O–H groups in total. The first-order chi connectivity index (χ1) is 15.0. The van der Waals surface area contributed by atoms with Gasteiger partial charge in [-0.15, -0.1) is 11.3 Å². The summed E-state index contributed by atoms with van der Waals surface area (Å²) in [6, 6.07) is 7.39. The van der Waals surface area contributed by atoms with Crippen LogP contribution in [0.1, 0.15) is 22.4 Å². The highest BCUT2D eigenvalue weighted by Crippen LogP contribution is 2.24. The van der Waals surface area contributed by atoms with Gasteiger partial charge < -0.3 is 4.42 Å². The van der Waals surface area contributed by atoms with Crippen molar-refractivity contribution in [2.24, 2.45) is 0 Å². The van der Waals surface area contributed by atoms with Crippen LogP contribution >= 0.6 is 11.3 Å². The van der Waals surface area contributed by atoms with Gasteiger partial charge in [-0.05, 0) is 30.5 Å². The molecule has 1 fully saturated rings. The molecular formula is C23H24N4O3S. The molecule has 7 nitrogen and oxygen atoms in total. The van der Waals surface area contributed by atoms with Crippen molar-refractivity contribution >= 4 is 27.3 Å². The largest absolute Gasteiger partial charge is 0.422 e. The molecule has 0 saturated carbocycles. The number of hydrogen-bond donors (Lipinski definition) is 0. The third kappa shape index (κ3) is 3.94. The lowest BCUT2D eigenvalue weighted by Gasteiger charge is -2.34. The standard InChI is InChI=1S/C23H24N4O3S/c1-15-3-4-19-17(11-21(29)30-22(19)16(15)2)13-25-5-7-26(8-6-25)14-18-12-20(28)27-9-10-31-23(27)24-18/h3-4,9-12H,5-8,13-14H2,1-2H3. The first-order valence-electron chi connectivity index (χ1n) is 10.4. The second-order valence-electron chi connectivity index (χ2n) is 8.17. The van der Waals surface area contributed by atoms with Crippen LogP contribution in [-0.4, -0.2) is 45.4 Å². The summed E-state index contributed by atoms with van der Waals surface area (Å²) in [5.41, 5.74) is 4.35. The van der Waals surface area contributed by atoms with Gasteiger partial charge >= 0.3 is 5.63 Å². The fourth-order valence-electron chi connectivity index (χ4n) is 4.20. The number of piperazine rings is 1. The molecule has 0 amide bonds. The van der Waals surface area contributed by atoms with E-state index in [1.807, 2.05) is 19.2 Å². The summed E-state index contributed by atoms with van der Waals surface area (Å²) >= 11 is 1.48. The van der Waals surface area contributed by atoms with E-state index in [2.05, 4.69) is 26.9 Å². The van der Waals surface area contributed by atoms with Gasteiger partial charge in [0.1, 0.15) is 5.58 Å². The van der Waals surface area contributed by atoms with E-state index in [9.17, 15) is 9.59 Å². The molecule has 8 heteroatoms. The molecule has 0 spiro atoms. The van der Waals surface area contributed by atoms with Crippen LogP contribution in [-0.2, 0) is 13.1 Å². The van der Waals surface area contributed by atoms with E-state index >= 15 is 0 Å². The Labute approximate surface area is 183 Å². The van der Waals surface area contributed by atoms with Crippen molar-refractivity contribution in [3.05, 3.63) is 79.0 Å². The molecule has 0 aliphatic carbocycles. The van der Waals surface area contributed by atoms with E-state index in [0.717, 1.165) is 65.5 Å². The summed E-state index contributed by atoms with van der Waals surface area (Å²) in [5, 5.41) is 2.89. The minimum absolute atomic E-state index is 0.0276. The number of aryl methyl sites for hydroxylation is 2. The molecule has 31 heavy (non-hydrogen) atoms. The molecule has 1 aromatic carbocycles. The van der Waals surface area contributed by atoms with Crippen LogP contribution in [0.15, 0.2) is 49.8 Å². The highest BCUT2D eigenvalue weighted by molar-refractivity contribution is 7.15. The average Bonchev–Trinajstić information content (AvgIpc) is 3.22. The zero-order valence-corrected chi connectivity index (χ0v) is 18.4. The Morgan fingerprint density at radius 2 is 1.77 bits per heavy atom. The maximum atomic E-state index is 12.2. The quantitative estimate of drug-likeness (QED) is 0.458. The van der Waals surface area contributed by atoms with Gasteiger partial charge in [0.15, 0.2) is 4.96 Å². The monoisotopic (exact) mass is 436 g/mol. The van der Waals surface area contributed by atoms with Gasteiger partial charge in [-0.25, -0.2) is 9.78 Å². The summed E-state index contributed by atoms with van der Waals surface area (Å²) in [6.45, 7) is 9.00. The highest BCUT2D eigenvalue weighted by atomic mass is 32.1. The van der Waals surface area contributed by atoms with Crippen LogP contribution < -0.4 is 11.2 Å². The van der Waals surface area contributed by atoms with Crippen molar-refractivity contribution in [3.8, 4) is 0 Å². The molecule has 0 unspecified atom stereocenters. The molecule has 1 saturated heterocycles. The third-order valence-corrected chi connectivity index (χ3v) is 6.87. The minimum atomic E-state index is -0.295. The molecule has 3 aromatic heterocycles. The van der Waals surface area contributed by atoms with E-state index in [1.165, 1.54) is 11.3 Å². The van der Waals surface area contributed by atoms with Crippen molar-refractivity contribution in [2.45, 2.75) is 26.9 Å². The summed E-state index contributed by atoms with van der Waals surface area (Å²) < 4.78 is 7.08. The number of fused-ring (bicyclic) bond motifs is 2. The smallest absolute Gasteiger partial charge is 0.336 e. The number of rotatable bonds is 4. The van der Waals surface area contributed by atoms with Crippen LogP contribution in [0.5, 0.6) is 0 Å². The zero-order chi connectivity index (χ0) is 21.5. The lowest BCUT2D eigenvalue weighted by Crippen LogP contribution is -2.45. The Morgan fingerprint density at radius 1 is 1.03 bits per heavy atom. The number of hydrogen-bond acceptors (Lipinski definition) is 7. The Hall–Kier alpha value is -2.81. The summed E-state index contributed by atoms with van der Waals surface area (Å²) in [7, 11) is 0. The van der Waals surface area contributed by atoms with Gasteiger partial charge in [0.25, 0.3) is 5.56 Å². The molecular weight excluding hydrogens is 412 g/mol. The lowest BCUT2D eigenvalue weighted by molar-refractivity contribution is 0.121. The normalized spacial score (nSPS) is 15.8. The molecule has 1 aliphatic rings. The van der Waals surface area contributed by atoms with E-state index < -0.39 is 0 Å². The molecule has 160 valence electrons. The third-order valence-electron chi connectivity index (χ3n) is 6.12. The molecule has 0 bridgehead atoms. The fraction of sp³-hybridized carbons (Fsp3) is 0.348. The number of benzene rings is 1. The van der Waals surface area contributed by atoms with Crippen molar-refractivity contribution in [3.63, 3.8) is 0 Å². The average molecular weight is 437 g/mol. The second-order valence-corrected chi connectivity index (χ2v) is 9.04. The van der Waals surface area contributed by atoms with Crippen LogP contribution in [0.2, 0.25) is 0 Å². The predicted octanol–water partition coefficient (Wildman–Crippen LogP) is 2.80. The van der Waals surface area contributed by atoms with E-state index in [-0.39, 0.29) is 11.2 Å². The van der Waals surface area contributed by atoms with Gasteiger partial charge in [0.05, 0.1) is 5.69 Å². The predicted molar refractivity (Wildman–Crippen MR) is 122 cm³/mol. The molecule has 4 aromatic rings. The molecule has 5 rings (SSSR count). The molecule has 1 aliphatic heterocycles. The lowest BCUT2D eigenvalue weighted by atomic mass is 10.0. The Kier molecular flexibility index (Phi) is 5.21. The minimum Gasteiger partial charge on any atom is -0.422 e. The Morgan fingerprint density at radius 3 is 2.55 bits per heavy atom. The zero-order valence-electron chi connectivity index (χ0n) is 17.6. The summed E-state index contributed by atoms with van der Waals surface area (Å²) in [6.07, 6.45) is 1.76. The van der Waals surface area contributed by atoms with E-state index in [4.69, 9.17) is 4.42 Å². The first kappa shape index (κ1) is 20.1. The van der Waals surface area contributed by atoms with Crippen LogP contribution in [0.3, 0.4) is 0 Å². The van der Waals surface area contributed by atoms with Gasteiger partial charge in [0.2, 0.25) is 0 Å². The summed E-state index contributed by atoms with van der Waals surface area (Å²) in [5.74, 6) is 0. The maximum absolute atomic E-state index is 12.2. The topological polar surface area (TPSA) is 71.1 Å². The molecule has 4 heterocycles. The number of nitrogens with zero attached hydrogens (tertiary/aromatic N) is 4. The SMILES string of the molecule is Cc1ccc2c(CN3CCN(Cc4cc(=O)n5ccsc5n4)CC3)cc(=O)oc2c1C. The van der Waals surface area contributed by atoms with E-state index in [0.29, 0.717) is 12.1 Å². The second kappa shape index (κ2) is 8.03. The van der Waals surface area contributed by atoms with Crippen molar-refractivity contribution in [1.82, 2.24) is 19.2 Å².